The molecule has 0 aliphatic carbocycles. The van der Waals surface area contributed by atoms with Gasteiger partial charge >= 0.3 is 0 Å². The van der Waals surface area contributed by atoms with E-state index in [1.54, 1.807) is 32.0 Å². The molecule has 0 aromatic heterocycles. The first-order chi connectivity index (χ1) is 8.11. The SMILES string of the molecule is COc1ccc(Cl)cc1C(Cl)C(C)(C)S(C)(=O)=O. The van der Waals surface area contributed by atoms with Crippen LogP contribution in [0.15, 0.2) is 18.2 Å². The van der Waals surface area contributed by atoms with Crippen molar-refractivity contribution in [2.24, 2.45) is 0 Å². The minimum Gasteiger partial charge on any atom is -0.496 e. The molecule has 0 fully saturated rings. The number of hydrogen-bond donors (Lipinski definition) is 0. The second-order valence-corrected chi connectivity index (χ2v) is 8.09. The average molecular weight is 311 g/mol. The van der Waals surface area contributed by atoms with Gasteiger partial charge in [-0.15, -0.1) is 11.6 Å². The molecule has 0 N–H and O–H groups in total. The second-order valence-electron chi connectivity index (χ2n) is 4.62. The highest BCUT2D eigenvalue weighted by atomic mass is 35.5. The molecule has 1 rings (SSSR count). The minimum absolute atomic E-state index is 0.487. The zero-order chi connectivity index (χ0) is 14.1. The zero-order valence-electron chi connectivity index (χ0n) is 10.7. The smallest absolute Gasteiger partial charge is 0.154 e. The maximum Gasteiger partial charge on any atom is 0.154 e. The van der Waals surface area contributed by atoms with Gasteiger partial charge in [0.25, 0.3) is 0 Å². The van der Waals surface area contributed by atoms with Crippen molar-refractivity contribution in [3.05, 3.63) is 28.8 Å². The summed E-state index contributed by atoms with van der Waals surface area (Å²) in [7, 11) is -1.81. The van der Waals surface area contributed by atoms with Gasteiger partial charge in [0.15, 0.2) is 9.84 Å². The lowest BCUT2D eigenvalue weighted by atomic mass is 10.0. The molecule has 0 spiro atoms. The molecule has 0 amide bonds. The predicted molar refractivity (Wildman–Crippen MR) is 75.5 cm³/mol. The number of methoxy groups -OCH3 is 1. The molecule has 6 heteroatoms. The lowest BCUT2D eigenvalue weighted by Crippen LogP contribution is -2.35. The van der Waals surface area contributed by atoms with E-state index >= 15 is 0 Å². The van der Waals surface area contributed by atoms with Crippen molar-refractivity contribution in [1.29, 1.82) is 0 Å². The van der Waals surface area contributed by atoms with Crippen LogP contribution >= 0.6 is 23.2 Å². The molecular weight excluding hydrogens is 295 g/mol. The van der Waals surface area contributed by atoms with Gasteiger partial charge in [-0.05, 0) is 32.0 Å². The molecule has 1 atom stereocenters. The molecule has 1 aromatic carbocycles. The molecule has 0 heterocycles. The summed E-state index contributed by atoms with van der Waals surface area (Å²) in [5, 5.41) is -0.262. The summed E-state index contributed by atoms with van der Waals surface area (Å²) in [6.45, 7) is 3.17. The van der Waals surface area contributed by atoms with Crippen LogP contribution in [0.5, 0.6) is 5.75 Å². The number of halogens is 2. The van der Waals surface area contributed by atoms with E-state index in [2.05, 4.69) is 0 Å². The maximum absolute atomic E-state index is 11.8. The summed E-state index contributed by atoms with van der Waals surface area (Å²) in [5.41, 5.74) is 0.571. The number of rotatable bonds is 4. The van der Waals surface area contributed by atoms with Gasteiger partial charge in [-0.3, -0.25) is 0 Å². The Morgan fingerprint density at radius 3 is 2.33 bits per heavy atom. The Kier molecular flexibility index (Phi) is 4.57. The fraction of sp³-hybridized carbons (Fsp3) is 0.500. The van der Waals surface area contributed by atoms with Crippen LogP contribution in [0.4, 0.5) is 0 Å². The van der Waals surface area contributed by atoms with Gasteiger partial charge in [0, 0.05) is 16.8 Å². The molecule has 18 heavy (non-hydrogen) atoms. The molecule has 1 aromatic rings. The first-order valence-corrected chi connectivity index (χ1v) is 7.99. The highest BCUT2D eigenvalue weighted by Crippen LogP contribution is 2.42. The second kappa shape index (κ2) is 5.27. The van der Waals surface area contributed by atoms with Crippen LogP contribution in [0, 0.1) is 0 Å². The van der Waals surface area contributed by atoms with Gasteiger partial charge in [0.05, 0.1) is 17.2 Å². The summed E-state index contributed by atoms with van der Waals surface area (Å²) < 4.78 is 27.7. The summed E-state index contributed by atoms with van der Waals surface area (Å²) in [4.78, 5) is 0. The Hall–Kier alpha value is -0.450. The largest absolute Gasteiger partial charge is 0.496 e. The molecule has 0 saturated heterocycles. The van der Waals surface area contributed by atoms with Crippen LogP contribution in [0.1, 0.15) is 24.8 Å². The average Bonchev–Trinajstić information content (AvgIpc) is 2.26. The maximum atomic E-state index is 11.8. The van der Waals surface area contributed by atoms with E-state index in [-0.39, 0.29) is 0 Å². The molecule has 0 bridgehead atoms. The molecule has 102 valence electrons. The molecule has 0 aliphatic heterocycles. The highest BCUT2D eigenvalue weighted by molar-refractivity contribution is 7.92. The van der Waals surface area contributed by atoms with Crippen LogP contribution in [0.25, 0.3) is 0 Å². The number of sulfone groups is 1. The van der Waals surface area contributed by atoms with Crippen LogP contribution in [0.3, 0.4) is 0 Å². The number of benzene rings is 1. The summed E-state index contributed by atoms with van der Waals surface area (Å²) >= 11 is 12.2. The third-order valence-corrected chi connectivity index (χ3v) is 6.32. The quantitative estimate of drug-likeness (QED) is 0.800. The molecule has 0 aliphatic rings. The summed E-state index contributed by atoms with van der Waals surface area (Å²) in [5.74, 6) is 0.524. The van der Waals surface area contributed by atoms with E-state index in [9.17, 15) is 8.42 Å². The first kappa shape index (κ1) is 15.6. The Labute approximate surface area is 118 Å². The van der Waals surface area contributed by atoms with E-state index < -0.39 is 20.0 Å². The molecular formula is C12H16Cl2O3S. The van der Waals surface area contributed by atoms with E-state index in [1.807, 2.05) is 0 Å². The van der Waals surface area contributed by atoms with Gasteiger partial charge in [-0.2, -0.15) is 0 Å². The summed E-state index contributed by atoms with van der Waals surface area (Å²) in [6.07, 6.45) is 1.17. The fourth-order valence-corrected chi connectivity index (χ4v) is 2.81. The Balaban J connectivity index is 3.35. The predicted octanol–water partition coefficient (Wildman–Crippen LogP) is 3.45. The van der Waals surface area contributed by atoms with Crippen LogP contribution < -0.4 is 4.74 Å². The third kappa shape index (κ3) is 2.92. The minimum atomic E-state index is -3.32. The Morgan fingerprint density at radius 2 is 1.89 bits per heavy atom. The first-order valence-electron chi connectivity index (χ1n) is 5.28. The topological polar surface area (TPSA) is 43.4 Å². The van der Waals surface area contributed by atoms with Gasteiger partial charge < -0.3 is 4.74 Å². The highest BCUT2D eigenvalue weighted by Gasteiger charge is 2.40. The standard InChI is InChI=1S/C12H16Cl2O3S/c1-12(2,18(4,15)16)11(14)9-7-8(13)5-6-10(9)17-3/h5-7,11H,1-4H3. The third-order valence-electron chi connectivity index (χ3n) is 3.03. The normalized spacial score (nSPS) is 14.3. The number of hydrogen-bond acceptors (Lipinski definition) is 3. The van der Waals surface area contributed by atoms with E-state index in [0.717, 1.165) is 0 Å². The Morgan fingerprint density at radius 1 is 1.33 bits per heavy atom. The van der Waals surface area contributed by atoms with Crippen molar-refractivity contribution in [2.45, 2.75) is 24.0 Å². The number of alkyl halides is 1. The van der Waals surface area contributed by atoms with Crippen molar-refractivity contribution in [3.63, 3.8) is 0 Å². The zero-order valence-corrected chi connectivity index (χ0v) is 13.0. The van der Waals surface area contributed by atoms with Gasteiger partial charge in [-0.1, -0.05) is 11.6 Å². The van der Waals surface area contributed by atoms with E-state index in [4.69, 9.17) is 27.9 Å². The van der Waals surface area contributed by atoms with Crippen molar-refractivity contribution in [2.75, 3.05) is 13.4 Å². The van der Waals surface area contributed by atoms with Crippen LogP contribution in [0.2, 0.25) is 5.02 Å². The number of ether oxygens (including phenoxy) is 1. The van der Waals surface area contributed by atoms with Crippen LogP contribution in [-0.2, 0) is 9.84 Å². The van der Waals surface area contributed by atoms with Crippen molar-refractivity contribution < 1.29 is 13.2 Å². The van der Waals surface area contributed by atoms with E-state index in [1.165, 1.54) is 13.4 Å². The lowest BCUT2D eigenvalue weighted by molar-refractivity contribution is 0.406. The van der Waals surface area contributed by atoms with E-state index in [0.29, 0.717) is 16.3 Å². The summed E-state index contributed by atoms with van der Waals surface area (Å²) in [6, 6.07) is 4.97. The van der Waals surface area contributed by atoms with Crippen molar-refractivity contribution >= 4 is 33.0 Å². The molecule has 0 radical (unpaired) electrons. The van der Waals surface area contributed by atoms with Gasteiger partial charge in [-0.25, -0.2) is 8.42 Å². The van der Waals surface area contributed by atoms with Crippen LogP contribution in [-0.4, -0.2) is 26.5 Å². The Bertz CT molecular complexity index is 538. The molecule has 0 saturated carbocycles. The van der Waals surface area contributed by atoms with Crippen molar-refractivity contribution in [3.8, 4) is 5.75 Å². The fourth-order valence-electron chi connectivity index (χ4n) is 1.47. The molecule has 3 nitrogen and oxygen atoms in total. The lowest BCUT2D eigenvalue weighted by Gasteiger charge is -2.29. The van der Waals surface area contributed by atoms with Gasteiger partial charge in [0.1, 0.15) is 5.75 Å². The molecule has 1 unspecified atom stereocenters. The monoisotopic (exact) mass is 310 g/mol. The van der Waals surface area contributed by atoms with Crippen molar-refractivity contribution in [1.82, 2.24) is 0 Å². The van der Waals surface area contributed by atoms with Gasteiger partial charge in [0.2, 0.25) is 0 Å².